The molecule has 4 N–H and O–H groups in total. The molecule has 4 rings (SSSR count). The predicted molar refractivity (Wildman–Crippen MR) is 127 cm³/mol. The van der Waals surface area contributed by atoms with E-state index in [9.17, 15) is 4.39 Å². The van der Waals surface area contributed by atoms with Gasteiger partial charge in [0.1, 0.15) is 23.4 Å². The number of nitrogens with zero attached hydrogens (tertiary/aromatic N) is 1. The summed E-state index contributed by atoms with van der Waals surface area (Å²) >= 11 is 0. The van der Waals surface area contributed by atoms with Crippen LogP contribution in [0.3, 0.4) is 0 Å². The highest BCUT2D eigenvalue weighted by molar-refractivity contribution is 5.63. The number of aromatic amines is 1. The van der Waals surface area contributed by atoms with E-state index in [1.54, 1.807) is 12.1 Å². The monoisotopic (exact) mass is 428 g/mol. The van der Waals surface area contributed by atoms with E-state index in [1.807, 2.05) is 67.7 Å². The van der Waals surface area contributed by atoms with E-state index in [4.69, 9.17) is 15.5 Å². The molecule has 32 heavy (non-hydrogen) atoms. The van der Waals surface area contributed by atoms with Crippen LogP contribution in [0.1, 0.15) is 29.9 Å². The number of nitrogens with one attached hydrogen (secondary N) is 2. The molecular weight excluding hydrogens is 403 g/mol. The molecule has 162 valence electrons. The van der Waals surface area contributed by atoms with Gasteiger partial charge in [-0.2, -0.15) is 0 Å². The fourth-order valence-electron chi connectivity index (χ4n) is 3.48. The summed E-state index contributed by atoms with van der Waals surface area (Å²) in [4.78, 5) is 7.97. The van der Waals surface area contributed by atoms with Crippen molar-refractivity contribution in [3.63, 3.8) is 0 Å². The van der Waals surface area contributed by atoms with Gasteiger partial charge >= 0.3 is 0 Å². The van der Waals surface area contributed by atoms with E-state index in [0.29, 0.717) is 29.4 Å². The summed E-state index contributed by atoms with van der Waals surface area (Å²) in [6.45, 7) is 6.15. The number of halogens is 1. The Morgan fingerprint density at radius 2 is 1.88 bits per heavy atom. The van der Waals surface area contributed by atoms with Gasteiger partial charge in [-0.15, -0.1) is 0 Å². The molecule has 3 aromatic carbocycles. The molecule has 1 atom stereocenters. The molecule has 1 heterocycles. The molecule has 0 aliphatic carbocycles. The van der Waals surface area contributed by atoms with Gasteiger partial charge in [0, 0.05) is 28.7 Å². The van der Waals surface area contributed by atoms with Crippen molar-refractivity contribution >= 4 is 11.4 Å². The average molecular weight is 429 g/mol. The van der Waals surface area contributed by atoms with E-state index in [1.165, 1.54) is 6.07 Å². The molecular formula is C26H25FN4O. The minimum Gasteiger partial charge on any atom is -0.494 e. The van der Waals surface area contributed by atoms with Crippen molar-refractivity contribution in [2.45, 2.75) is 13.0 Å². The smallest absolute Gasteiger partial charge is 0.134 e. The maximum Gasteiger partial charge on any atom is 0.134 e. The van der Waals surface area contributed by atoms with Crippen LogP contribution in [0.2, 0.25) is 0 Å². The van der Waals surface area contributed by atoms with Crippen LogP contribution in [-0.2, 0) is 0 Å². The molecule has 0 bridgehead atoms. The third-order valence-corrected chi connectivity index (χ3v) is 5.10. The minimum absolute atomic E-state index is 0.351. The highest BCUT2D eigenvalue weighted by atomic mass is 19.1. The second-order valence-corrected chi connectivity index (χ2v) is 7.33. The van der Waals surface area contributed by atoms with Crippen LogP contribution < -0.4 is 15.8 Å². The quantitative estimate of drug-likeness (QED) is 0.334. The molecule has 0 saturated carbocycles. The number of benzene rings is 3. The van der Waals surface area contributed by atoms with Gasteiger partial charge in [0.25, 0.3) is 0 Å². The van der Waals surface area contributed by atoms with Crippen molar-refractivity contribution in [3.8, 4) is 17.0 Å². The molecule has 1 aromatic heterocycles. The first-order chi connectivity index (χ1) is 15.5. The van der Waals surface area contributed by atoms with Gasteiger partial charge in [0.05, 0.1) is 12.3 Å². The summed E-state index contributed by atoms with van der Waals surface area (Å²) in [5, 5.41) is 3.39. The number of hydrogen-bond acceptors (Lipinski definition) is 4. The topological polar surface area (TPSA) is 76.0 Å². The van der Waals surface area contributed by atoms with Crippen molar-refractivity contribution in [2.75, 3.05) is 11.9 Å². The number of H-pyrrole nitrogens is 1. The maximum atomic E-state index is 15.0. The largest absolute Gasteiger partial charge is 0.494 e. The zero-order valence-corrected chi connectivity index (χ0v) is 17.8. The number of hydrogen-bond donors (Lipinski definition) is 3. The third kappa shape index (κ3) is 4.64. The number of imidazole rings is 1. The summed E-state index contributed by atoms with van der Waals surface area (Å²) in [6.07, 6.45) is 1.82. The van der Waals surface area contributed by atoms with Gasteiger partial charge in [-0.1, -0.05) is 49.0 Å². The number of aromatic nitrogens is 2. The molecule has 0 radical (unpaired) electrons. The highest BCUT2D eigenvalue weighted by Gasteiger charge is 2.22. The van der Waals surface area contributed by atoms with Crippen LogP contribution in [0.25, 0.3) is 17.0 Å². The van der Waals surface area contributed by atoms with E-state index in [-0.39, 0.29) is 5.82 Å². The lowest BCUT2D eigenvalue weighted by atomic mass is 10.0. The lowest BCUT2D eigenvalue weighted by Crippen LogP contribution is -2.16. The summed E-state index contributed by atoms with van der Waals surface area (Å²) in [5.74, 6) is 0.833. The predicted octanol–water partition coefficient (Wildman–Crippen LogP) is 5.75. The van der Waals surface area contributed by atoms with Crippen molar-refractivity contribution in [1.29, 1.82) is 0 Å². The van der Waals surface area contributed by atoms with Crippen molar-refractivity contribution in [2.24, 2.45) is 5.73 Å². The summed E-state index contributed by atoms with van der Waals surface area (Å²) < 4.78 is 20.6. The van der Waals surface area contributed by atoms with Crippen LogP contribution in [0.4, 0.5) is 10.1 Å². The molecule has 0 fully saturated rings. The molecule has 0 aliphatic rings. The van der Waals surface area contributed by atoms with E-state index < -0.39 is 6.04 Å². The Morgan fingerprint density at radius 1 is 1.12 bits per heavy atom. The van der Waals surface area contributed by atoms with Crippen LogP contribution in [0.15, 0.2) is 85.6 Å². The first kappa shape index (κ1) is 21.2. The molecule has 1 unspecified atom stereocenters. The fraction of sp³-hybridized carbons (Fsp3) is 0.115. The van der Waals surface area contributed by atoms with Crippen LogP contribution in [0, 0.1) is 5.82 Å². The Balaban J connectivity index is 1.74. The molecule has 0 aliphatic heterocycles. The zero-order valence-electron chi connectivity index (χ0n) is 17.8. The fourth-order valence-corrected chi connectivity index (χ4v) is 3.48. The Labute approximate surface area is 186 Å². The Hall–Kier alpha value is -4.06. The van der Waals surface area contributed by atoms with Crippen LogP contribution >= 0.6 is 0 Å². The highest BCUT2D eigenvalue weighted by Crippen LogP contribution is 2.31. The normalized spacial score (nSPS) is 11.7. The summed E-state index contributed by atoms with van der Waals surface area (Å²) in [5.41, 5.74) is 10.1. The second-order valence-electron chi connectivity index (χ2n) is 7.33. The van der Waals surface area contributed by atoms with Crippen LogP contribution in [0.5, 0.6) is 5.75 Å². The molecule has 4 aromatic rings. The first-order valence-electron chi connectivity index (χ1n) is 10.4. The molecule has 0 spiro atoms. The minimum atomic E-state index is -0.570. The lowest BCUT2D eigenvalue weighted by molar-refractivity contribution is 0.339. The number of ether oxygens (including phenoxy) is 1. The van der Waals surface area contributed by atoms with Crippen LogP contribution in [-0.4, -0.2) is 16.6 Å². The van der Waals surface area contributed by atoms with E-state index in [0.717, 1.165) is 22.5 Å². The van der Waals surface area contributed by atoms with E-state index >= 15 is 0 Å². The van der Waals surface area contributed by atoms with Crippen molar-refractivity contribution in [3.05, 3.63) is 108 Å². The Kier molecular flexibility index (Phi) is 6.22. The molecule has 6 heteroatoms. The zero-order chi connectivity index (χ0) is 22.5. The van der Waals surface area contributed by atoms with Gasteiger partial charge in [-0.25, -0.2) is 9.37 Å². The molecule has 0 amide bonds. The summed E-state index contributed by atoms with van der Waals surface area (Å²) in [6, 6.07) is 21.5. The van der Waals surface area contributed by atoms with Crippen molar-refractivity contribution in [1.82, 2.24) is 9.97 Å². The maximum absolute atomic E-state index is 15.0. The second kappa shape index (κ2) is 9.39. The van der Waals surface area contributed by atoms with Crippen molar-refractivity contribution < 1.29 is 9.13 Å². The SMILES string of the molecule is C=C(N)c1ccc(NC(c2nc(-c3ccccc3)c[nH]2)c2cc(OCC)ccc2F)cc1. The Bertz CT molecular complexity index is 1200. The van der Waals surface area contributed by atoms with Gasteiger partial charge < -0.3 is 20.8 Å². The number of rotatable bonds is 8. The third-order valence-electron chi connectivity index (χ3n) is 5.10. The Morgan fingerprint density at radius 3 is 2.56 bits per heavy atom. The first-order valence-corrected chi connectivity index (χ1v) is 10.4. The number of nitrogens with two attached hydrogens (primary N) is 1. The standard InChI is InChI=1S/C26H25FN4O/c1-3-32-21-13-14-23(27)22(15-21)25(30-20-11-9-18(10-12-20)17(2)28)26-29-16-24(31-26)19-7-5-4-6-8-19/h4-16,25,30H,2-3,28H2,1H3,(H,29,31). The summed E-state index contributed by atoms with van der Waals surface area (Å²) in [7, 11) is 0. The number of anilines is 1. The van der Waals surface area contributed by atoms with E-state index in [2.05, 4.69) is 16.9 Å². The van der Waals surface area contributed by atoms with Gasteiger partial charge in [0.15, 0.2) is 0 Å². The van der Waals surface area contributed by atoms with Gasteiger partial charge in [-0.3, -0.25) is 0 Å². The lowest BCUT2D eigenvalue weighted by Gasteiger charge is -2.20. The average Bonchev–Trinajstić information content (AvgIpc) is 3.30. The molecule has 5 nitrogen and oxygen atoms in total. The van der Waals surface area contributed by atoms with Gasteiger partial charge in [-0.05, 0) is 42.8 Å². The molecule has 0 saturated heterocycles. The van der Waals surface area contributed by atoms with Gasteiger partial charge in [0.2, 0.25) is 0 Å².